The van der Waals surface area contributed by atoms with Crippen LogP contribution in [-0.4, -0.2) is 19.2 Å². The van der Waals surface area contributed by atoms with E-state index in [1.807, 2.05) is 24.3 Å². The third kappa shape index (κ3) is 2.58. The molecule has 0 aliphatic carbocycles. The third-order valence-electron chi connectivity index (χ3n) is 3.58. The summed E-state index contributed by atoms with van der Waals surface area (Å²) in [6.45, 7) is 0.545. The Kier molecular flexibility index (Phi) is 3.54. The maximum absolute atomic E-state index is 5.69. The van der Waals surface area contributed by atoms with Gasteiger partial charge in [0.25, 0.3) is 0 Å². The van der Waals surface area contributed by atoms with Crippen LogP contribution in [0.15, 0.2) is 42.5 Å². The number of hydrogen-bond donors (Lipinski definition) is 2. The lowest BCUT2D eigenvalue weighted by Gasteiger charge is -2.07. The van der Waals surface area contributed by atoms with Gasteiger partial charge in [0.05, 0.1) is 14.2 Å². The van der Waals surface area contributed by atoms with Crippen LogP contribution in [-0.2, 0) is 6.54 Å². The van der Waals surface area contributed by atoms with E-state index < -0.39 is 0 Å². The second-order valence-corrected chi connectivity index (χ2v) is 4.91. The molecule has 0 fully saturated rings. The zero-order chi connectivity index (χ0) is 14.8. The second kappa shape index (κ2) is 5.50. The molecule has 0 saturated heterocycles. The van der Waals surface area contributed by atoms with Gasteiger partial charge < -0.3 is 20.2 Å². The first-order chi connectivity index (χ1) is 10.2. The van der Waals surface area contributed by atoms with E-state index in [0.717, 1.165) is 39.2 Å². The molecule has 0 radical (unpaired) electrons. The van der Waals surface area contributed by atoms with Crippen LogP contribution in [0.4, 0.5) is 0 Å². The molecule has 0 saturated carbocycles. The number of H-pyrrole nitrogens is 1. The molecule has 0 unspecified atom stereocenters. The Labute approximate surface area is 123 Å². The topological polar surface area (TPSA) is 60.3 Å². The third-order valence-corrected chi connectivity index (χ3v) is 3.58. The Morgan fingerprint density at radius 3 is 2.29 bits per heavy atom. The fourth-order valence-corrected chi connectivity index (χ4v) is 2.43. The van der Waals surface area contributed by atoms with Crippen LogP contribution in [0.5, 0.6) is 11.5 Å². The molecule has 0 aliphatic heterocycles. The molecule has 3 N–H and O–H groups in total. The minimum Gasteiger partial charge on any atom is -0.497 e. The number of rotatable bonds is 4. The van der Waals surface area contributed by atoms with Gasteiger partial charge in [-0.05, 0) is 35.9 Å². The van der Waals surface area contributed by atoms with Gasteiger partial charge in [-0.1, -0.05) is 6.07 Å². The molecule has 3 rings (SSSR count). The predicted octanol–water partition coefficient (Wildman–Crippen LogP) is 3.31. The number of nitrogens with two attached hydrogens (primary N) is 1. The summed E-state index contributed by atoms with van der Waals surface area (Å²) in [7, 11) is 3.30. The molecule has 4 nitrogen and oxygen atoms in total. The summed E-state index contributed by atoms with van der Waals surface area (Å²) in [6.07, 6.45) is 0. The SMILES string of the molecule is COc1cc(OC)cc(-c2cc3cc(CN)ccc3[nH]2)c1. The van der Waals surface area contributed by atoms with Crippen molar-refractivity contribution in [1.29, 1.82) is 0 Å². The van der Waals surface area contributed by atoms with Crippen molar-refractivity contribution < 1.29 is 9.47 Å². The Morgan fingerprint density at radius 2 is 1.67 bits per heavy atom. The fraction of sp³-hybridized carbons (Fsp3) is 0.176. The van der Waals surface area contributed by atoms with E-state index in [4.69, 9.17) is 15.2 Å². The van der Waals surface area contributed by atoms with Gasteiger partial charge in [0.1, 0.15) is 11.5 Å². The second-order valence-electron chi connectivity index (χ2n) is 4.91. The van der Waals surface area contributed by atoms with Gasteiger partial charge in [-0.2, -0.15) is 0 Å². The van der Waals surface area contributed by atoms with E-state index in [9.17, 15) is 0 Å². The Balaban J connectivity index is 2.11. The van der Waals surface area contributed by atoms with Crippen LogP contribution in [0, 0.1) is 0 Å². The maximum atomic E-state index is 5.69. The molecule has 4 heteroatoms. The van der Waals surface area contributed by atoms with E-state index in [2.05, 4.69) is 23.2 Å². The van der Waals surface area contributed by atoms with Gasteiger partial charge in [-0.15, -0.1) is 0 Å². The zero-order valence-electron chi connectivity index (χ0n) is 12.1. The lowest BCUT2D eigenvalue weighted by atomic mass is 10.1. The number of ether oxygens (including phenoxy) is 2. The molecule has 1 aromatic heterocycles. The highest BCUT2D eigenvalue weighted by molar-refractivity contribution is 5.86. The molecule has 0 amide bonds. The van der Waals surface area contributed by atoms with Crippen molar-refractivity contribution in [3.8, 4) is 22.8 Å². The first kappa shape index (κ1) is 13.5. The molecule has 0 atom stereocenters. The molecule has 21 heavy (non-hydrogen) atoms. The minimum absolute atomic E-state index is 0.545. The van der Waals surface area contributed by atoms with Crippen LogP contribution in [0.25, 0.3) is 22.2 Å². The van der Waals surface area contributed by atoms with Crippen molar-refractivity contribution in [2.75, 3.05) is 14.2 Å². The maximum Gasteiger partial charge on any atom is 0.123 e. The quantitative estimate of drug-likeness (QED) is 0.771. The first-order valence-electron chi connectivity index (χ1n) is 6.78. The highest BCUT2D eigenvalue weighted by atomic mass is 16.5. The summed E-state index contributed by atoms with van der Waals surface area (Å²) in [5, 5.41) is 1.15. The Bertz CT molecular complexity index is 755. The number of aromatic nitrogens is 1. The Hall–Kier alpha value is -2.46. The number of aromatic amines is 1. The molecular formula is C17H18N2O2. The van der Waals surface area contributed by atoms with Crippen LogP contribution in [0.3, 0.4) is 0 Å². The fourth-order valence-electron chi connectivity index (χ4n) is 2.43. The van der Waals surface area contributed by atoms with Crippen molar-refractivity contribution in [3.63, 3.8) is 0 Å². The predicted molar refractivity (Wildman–Crippen MR) is 84.7 cm³/mol. The lowest BCUT2D eigenvalue weighted by molar-refractivity contribution is 0.394. The monoisotopic (exact) mass is 282 g/mol. The van der Waals surface area contributed by atoms with Gasteiger partial charge in [0, 0.05) is 34.8 Å². The molecule has 3 aromatic rings. The van der Waals surface area contributed by atoms with E-state index in [1.54, 1.807) is 14.2 Å². The average molecular weight is 282 g/mol. The van der Waals surface area contributed by atoms with Crippen molar-refractivity contribution in [3.05, 3.63) is 48.0 Å². The van der Waals surface area contributed by atoms with Gasteiger partial charge in [0.15, 0.2) is 0 Å². The van der Waals surface area contributed by atoms with Gasteiger partial charge >= 0.3 is 0 Å². The Morgan fingerprint density at radius 1 is 0.952 bits per heavy atom. The highest BCUT2D eigenvalue weighted by Crippen LogP contribution is 2.31. The highest BCUT2D eigenvalue weighted by Gasteiger charge is 2.08. The summed E-state index contributed by atoms with van der Waals surface area (Å²) < 4.78 is 10.6. The zero-order valence-corrected chi connectivity index (χ0v) is 12.1. The van der Waals surface area contributed by atoms with Gasteiger partial charge in [-0.25, -0.2) is 0 Å². The van der Waals surface area contributed by atoms with Crippen LogP contribution < -0.4 is 15.2 Å². The number of hydrogen-bond acceptors (Lipinski definition) is 3. The first-order valence-corrected chi connectivity index (χ1v) is 6.78. The standard InChI is InChI=1S/C17H18N2O2/c1-20-14-6-13(7-15(9-14)21-2)17-8-12-5-11(10-18)3-4-16(12)19-17/h3-9,19H,10,18H2,1-2H3. The van der Waals surface area contributed by atoms with Crippen molar-refractivity contribution >= 4 is 10.9 Å². The molecule has 1 heterocycles. The number of benzene rings is 2. The van der Waals surface area contributed by atoms with E-state index in [1.165, 1.54) is 0 Å². The van der Waals surface area contributed by atoms with Crippen molar-refractivity contribution in [1.82, 2.24) is 4.98 Å². The number of methoxy groups -OCH3 is 2. The summed E-state index contributed by atoms with van der Waals surface area (Å²) in [5.41, 5.74) is 9.95. The smallest absolute Gasteiger partial charge is 0.123 e. The van der Waals surface area contributed by atoms with Gasteiger partial charge in [-0.3, -0.25) is 0 Å². The van der Waals surface area contributed by atoms with E-state index in [0.29, 0.717) is 6.54 Å². The summed E-state index contributed by atoms with van der Waals surface area (Å²) in [4.78, 5) is 3.41. The van der Waals surface area contributed by atoms with Gasteiger partial charge in [0.2, 0.25) is 0 Å². The summed E-state index contributed by atoms with van der Waals surface area (Å²) in [5.74, 6) is 1.54. The minimum atomic E-state index is 0.545. The van der Waals surface area contributed by atoms with Crippen molar-refractivity contribution in [2.24, 2.45) is 5.73 Å². The molecular weight excluding hydrogens is 264 g/mol. The number of nitrogens with one attached hydrogen (secondary N) is 1. The lowest BCUT2D eigenvalue weighted by Crippen LogP contribution is -1.94. The molecule has 2 aromatic carbocycles. The normalized spacial score (nSPS) is 10.8. The van der Waals surface area contributed by atoms with Crippen LogP contribution in [0.1, 0.15) is 5.56 Å². The molecule has 0 bridgehead atoms. The van der Waals surface area contributed by atoms with Crippen molar-refractivity contribution in [2.45, 2.75) is 6.54 Å². The number of fused-ring (bicyclic) bond motifs is 1. The van der Waals surface area contributed by atoms with E-state index >= 15 is 0 Å². The van der Waals surface area contributed by atoms with E-state index in [-0.39, 0.29) is 0 Å². The summed E-state index contributed by atoms with van der Waals surface area (Å²) >= 11 is 0. The largest absolute Gasteiger partial charge is 0.497 e. The van der Waals surface area contributed by atoms with Crippen LogP contribution in [0.2, 0.25) is 0 Å². The average Bonchev–Trinajstić information content (AvgIpc) is 2.97. The molecule has 108 valence electrons. The molecule has 0 spiro atoms. The molecule has 0 aliphatic rings. The van der Waals surface area contributed by atoms with Crippen LogP contribution >= 0.6 is 0 Å². The summed E-state index contributed by atoms with van der Waals surface area (Å²) in [6, 6.07) is 14.1.